The summed E-state index contributed by atoms with van der Waals surface area (Å²) in [5, 5.41) is 9.22. The third-order valence-corrected chi connectivity index (χ3v) is 1.77. The number of methoxy groups -OCH3 is 1. The van der Waals surface area contributed by atoms with Crippen molar-refractivity contribution in [2.24, 2.45) is 0 Å². The molecule has 0 spiro atoms. The molecule has 0 fully saturated rings. The Morgan fingerprint density at radius 3 is 2.71 bits per heavy atom. The molecule has 0 amide bonds. The SMILES string of the molecule is CONCc1ccc(O)c(OC)c1F. The Morgan fingerprint density at radius 1 is 1.43 bits per heavy atom. The van der Waals surface area contributed by atoms with Crippen LogP contribution in [-0.2, 0) is 11.4 Å². The molecule has 0 aliphatic heterocycles. The summed E-state index contributed by atoms with van der Waals surface area (Å²) in [5.74, 6) is -0.955. The van der Waals surface area contributed by atoms with Gasteiger partial charge in [-0.25, -0.2) is 4.39 Å². The first kappa shape index (κ1) is 10.7. The highest BCUT2D eigenvalue weighted by Gasteiger charge is 2.12. The molecular weight excluding hydrogens is 189 g/mol. The van der Waals surface area contributed by atoms with Crippen molar-refractivity contribution in [1.29, 1.82) is 0 Å². The van der Waals surface area contributed by atoms with Gasteiger partial charge in [0.05, 0.1) is 14.2 Å². The molecule has 0 atom stereocenters. The molecular formula is C9H12FNO3. The number of phenols is 1. The lowest BCUT2D eigenvalue weighted by Crippen LogP contribution is -2.12. The molecule has 0 aromatic heterocycles. The van der Waals surface area contributed by atoms with E-state index in [0.717, 1.165) is 0 Å². The van der Waals surface area contributed by atoms with Crippen molar-refractivity contribution in [2.45, 2.75) is 6.54 Å². The lowest BCUT2D eigenvalue weighted by Gasteiger charge is -2.09. The van der Waals surface area contributed by atoms with Gasteiger partial charge in [-0.05, 0) is 6.07 Å². The summed E-state index contributed by atoms with van der Waals surface area (Å²) in [5.41, 5.74) is 2.86. The van der Waals surface area contributed by atoms with E-state index < -0.39 is 5.82 Å². The zero-order valence-electron chi connectivity index (χ0n) is 8.00. The lowest BCUT2D eigenvalue weighted by molar-refractivity contribution is 0.0858. The zero-order valence-corrected chi connectivity index (χ0v) is 8.00. The number of hydrogen-bond donors (Lipinski definition) is 2. The van der Waals surface area contributed by atoms with Crippen LogP contribution in [0.4, 0.5) is 4.39 Å². The second-order valence-electron chi connectivity index (χ2n) is 2.62. The van der Waals surface area contributed by atoms with E-state index in [2.05, 4.69) is 10.3 Å². The number of aromatic hydroxyl groups is 1. The molecule has 0 aliphatic carbocycles. The predicted molar refractivity (Wildman–Crippen MR) is 48.5 cm³/mol. The van der Waals surface area contributed by atoms with Crippen molar-refractivity contribution in [1.82, 2.24) is 5.48 Å². The molecule has 2 N–H and O–H groups in total. The fourth-order valence-corrected chi connectivity index (χ4v) is 1.07. The van der Waals surface area contributed by atoms with Crippen LogP contribution in [0, 0.1) is 5.82 Å². The van der Waals surface area contributed by atoms with Crippen molar-refractivity contribution in [3.8, 4) is 11.5 Å². The first-order valence-electron chi connectivity index (χ1n) is 4.01. The van der Waals surface area contributed by atoms with Crippen molar-refractivity contribution in [3.05, 3.63) is 23.5 Å². The molecule has 14 heavy (non-hydrogen) atoms. The van der Waals surface area contributed by atoms with E-state index in [-0.39, 0.29) is 18.0 Å². The van der Waals surface area contributed by atoms with E-state index in [9.17, 15) is 9.50 Å². The van der Waals surface area contributed by atoms with Gasteiger partial charge in [-0.1, -0.05) is 6.07 Å². The quantitative estimate of drug-likeness (QED) is 0.718. The average Bonchev–Trinajstić information content (AvgIpc) is 2.18. The molecule has 5 heteroatoms. The molecule has 0 aliphatic rings. The third-order valence-electron chi connectivity index (χ3n) is 1.77. The smallest absolute Gasteiger partial charge is 0.196 e. The molecule has 1 rings (SSSR count). The monoisotopic (exact) mass is 201 g/mol. The maximum atomic E-state index is 13.5. The van der Waals surface area contributed by atoms with Crippen LogP contribution in [0.5, 0.6) is 11.5 Å². The maximum Gasteiger partial charge on any atom is 0.196 e. The Labute approximate surface area is 81.2 Å². The fourth-order valence-electron chi connectivity index (χ4n) is 1.07. The van der Waals surface area contributed by atoms with E-state index in [1.165, 1.54) is 26.4 Å². The average molecular weight is 201 g/mol. The first-order chi connectivity index (χ1) is 6.70. The molecule has 1 aromatic carbocycles. The number of halogens is 1. The molecule has 0 bridgehead atoms. The number of hydrogen-bond acceptors (Lipinski definition) is 4. The van der Waals surface area contributed by atoms with Gasteiger partial charge in [0.1, 0.15) is 0 Å². The summed E-state index contributed by atoms with van der Waals surface area (Å²) in [6.45, 7) is 0.207. The predicted octanol–water partition coefficient (Wildman–Crippen LogP) is 1.19. The summed E-state index contributed by atoms with van der Waals surface area (Å²) in [4.78, 5) is 4.58. The first-order valence-corrected chi connectivity index (χ1v) is 4.01. The molecule has 0 radical (unpaired) electrons. The van der Waals surface area contributed by atoms with Crippen LogP contribution in [0.1, 0.15) is 5.56 Å². The van der Waals surface area contributed by atoms with Crippen molar-refractivity contribution >= 4 is 0 Å². The highest BCUT2D eigenvalue weighted by Crippen LogP contribution is 2.30. The van der Waals surface area contributed by atoms with Crippen LogP contribution in [0.25, 0.3) is 0 Å². The summed E-state index contributed by atoms with van der Waals surface area (Å²) < 4.78 is 18.2. The van der Waals surface area contributed by atoms with E-state index in [1.807, 2.05) is 0 Å². The zero-order chi connectivity index (χ0) is 10.6. The Balaban J connectivity index is 2.96. The lowest BCUT2D eigenvalue weighted by atomic mass is 10.2. The van der Waals surface area contributed by atoms with Gasteiger partial charge >= 0.3 is 0 Å². The Morgan fingerprint density at radius 2 is 2.14 bits per heavy atom. The Hall–Kier alpha value is -1.33. The summed E-state index contributed by atoms with van der Waals surface area (Å²) >= 11 is 0. The summed E-state index contributed by atoms with van der Waals surface area (Å²) in [7, 11) is 2.74. The van der Waals surface area contributed by atoms with Crippen molar-refractivity contribution in [3.63, 3.8) is 0 Å². The van der Waals surface area contributed by atoms with Crippen LogP contribution < -0.4 is 10.2 Å². The third kappa shape index (κ3) is 2.12. The van der Waals surface area contributed by atoms with Gasteiger partial charge in [-0.3, -0.25) is 0 Å². The van der Waals surface area contributed by atoms with Crippen LogP contribution in [0.2, 0.25) is 0 Å². The molecule has 4 nitrogen and oxygen atoms in total. The van der Waals surface area contributed by atoms with Crippen LogP contribution in [-0.4, -0.2) is 19.3 Å². The minimum Gasteiger partial charge on any atom is -0.504 e. The fraction of sp³-hybridized carbons (Fsp3) is 0.333. The number of ether oxygens (including phenoxy) is 1. The van der Waals surface area contributed by atoms with E-state index in [4.69, 9.17) is 4.74 Å². The number of hydroxylamine groups is 1. The second-order valence-corrected chi connectivity index (χ2v) is 2.62. The minimum absolute atomic E-state index is 0.152. The number of phenolic OH excluding ortho intramolecular Hbond substituents is 1. The Kier molecular flexibility index (Phi) is 3.67. The van der Waals surface area contributed by atoms with Crippen LogP contribution >= 0.6 is 0 Å². The number of nitrogens with one attached hydrogen (secondary N) is 1. The van der Waals surface area contributed by atoms with E-state index >= 15 is 0 Å². The van der Waals surface area contributed by atoms with Gasteiger partial charge < -0.3 is 14.7 Å². The second kappa shape index (κ2) is 4.78. The summed E-state index contributed by atoms with van der Waals surface area (Å²) in [6, 6.07) is 2.83. The van der Waals surface area contributed by atoms with Gasteiger partial charge in [-0.15, -0.1) is 0 Å². The number of benzene rings is 1. The standard InChI is InChI=1S/C9H12FNO3/c1-13-9-7(12)4-3-6(8(9)10)5-11-14-2/h3-4,11-12H,5H2,1-2H3. The topological polar surface area (TPSA) is 50.7 Å². The van der Waals surface area contributed by atoms with Gasteiger partial charge in [0.25, 0.3) is 0 Å². The maximum absolute atomic E-state index is 13.5. The minimum atomic E-state index is -0.586. The van der Waals surface area contributed by atoms with Crippen molar-refractivity contribution in [2.75, 3.05) is 14.2 Å². The van der Waals surface area contributed by atoms with Gasteiger partial charge in [0.2, 0.25) is 0 Å². The largest absolute Gasteiger partial charge is 0.504 e. The normalized spacial score (nSPS) is 10.2. The van der Waals surface area contributed by atoms with Gasteiger partial charge in [0, 0.05) is 12.1 Å². The van der Waals surface area contributed by atoms with E-state index in [1.54, 1.807) is 0 Å². The molecule has 0 saturated carbocycles. The van der Waals surface area contributed by atoms with Crippen LogP contribution in [0.15, 0.2) is 12.1 Å². The number of rotatable bonds is 4. The molecule has 0 unspecified atom stereocenters. The Bertz CT molecular complexity index is 317. The van der Waals surface area contributed by atoms with E-state index in [0.29, 0.717) is 5.56 Å². The van der Waals surface area contributed by atoms with Gasteiger partial charge in [0.15, 0.2) is 17.3 Å². The highest BCUT2D eigenvalue weighted by atomic mass is 19.1. The molecule has 78 valence electrons. The molecule has 0 heterocycles. The molecule has 1 aromatic rings. The van der Waals surface area contributed by atoms with Crippen LogP contribution in [0.3, 0.4) is 0 Å². The highest BCUT2D eigenvalue weighted by molar-refractivity contribution is 5.43. The summed E-state index contributed by atoms with van der Waals surface area (Å²) in [6.07, 6.45) is 0. The van der Waals surface area contributed by atoms with Gasteiger partial charge in [-0.2, -0.15) is 5.48 Å². The molecule has 0 saturated heterocycles. The van der Waals surface area contributed by atoms with Crippen molar-refractivity contribution < 1.29 is 19.1 Å².